The van der Waals surface area contributed by atoms with Crippen LogP contribution in [0.3, 0.4) is 0 Å². The number of piperidine rings is 1. The fraction of sp³-hybridized carbons (Fsp3) is 0.550. The summed E-state index contributed by atoms with van der Waals surface area (Å²) in [6, 6.07) is 7.67. The zero-order valence-electron chi connectivity index (χ0n) is 16.1. The minimum Gasteiger partial charge on any atom is -0.497 e. The summed E-state index contributed by atoms with van der Waals surface area (Å²) in [5.74, 6) is 2.05. The van der Waals surface area contributed by atoms with Gasteiger partial charge in [-0.25, -0.2) is 0 Å². The number of hydrogen-bond acceptors (Lipinski definition) is 6. The Labute approximate surface area is 159 Å². The maximum Gasteiger partial charge on any atom is 0.226 e. The number of aromatic nitrogens is 2. The van der Waals surface area contributed by atoms with Gasteiger partial charge in [-0.05, 0) is 56.9 Å². The summed E-state index contributed by atoms with van der Waals surface area (Å²) in [6.07, 6.45) is 4.95. The Bertz CT molecular complexity index is 742. The van der Waals surface area contributed by atoms with E-state index in [9.17, 15) is 4.79 Å². The van der Waals surface area contributed by atoms with Crippen molar-refractivity contribution in [3.63, 3.8) is 0 Å². The largest absolute Gasteiger partial charge is 0.497 e. The number of carbonyl (C=O) groups is 1. The highest BCUT2D eigenvalue weighted by atomic mass is 16.5. The lowest BCUT2D eigenvalue weighted by Gasteiger charge is -2.38. The Kier molecular flexibility index (Phi) is 6.45. The molecule has 7 heteroatoms. The minimum absolute atomic E-state index is 0.0113. The zero-order chi connectivity index (χ0) is 19.2. The molecule has 2 aromatic rings. The van der Waals surface area contributed by atoms with Gasteiger partial charge in [-0.2, -0.15) is 4.98 Å². The number of likely N-dealkylation sites (tertiary alicyclic amines) is 1. The Morgan fingerprint density at radius 1 is 1.37 bits per heavy atom. The van der Waals surface area contributed by atoms with E-state index in [0.717, 1.165) is 37.1 Å². The number of carbonyl (C=O) groups excluding carboxylic acids is 1. The second-order valence-electron chi connectivity index (χ2n) is 7.10. The van der Waals surface area contributed by atoms with Crippen LogP contribution < -0.4 is 10.5 Å². The molecular weight excluding hydrogens is 344 g/mol. The molecule has 7 nitrogen and oxygen atoms in total. The van der Waals surface area contributed by atoms with E-state index >= 15 is 0 Å². The lowest BCUT2D eigenvalue weighted by atomic mass is 9.96. The fourth-order valence-electron chi connectivity index (χ4n) is 3.56. The lowest BCUT2D eigenvalue weighted by molar-refractivity contribution is -0.135. The number of aryl methyl sites for hydroxylation is 1. The third-order valence-electron chi connectivity index (χ3n) is 5.07. The predicted octanol–water partition coefficient (Wildman–Crippen LogP) is 2.80. The van der Waals surface area contributed by atoms with E-state index in [1.165, 1.54) is 0 Å². The van der Waals surface area contributed by atoms with E-state index < -0.39 is 0 Å². The highest BCUT2D eigenvalue weighted by Crippen LogP contribution is 2.22. The average molecular weight is 372 g/mol. The first kappa shape index (κ1) is 19.4. The first-order valence-electron chi connectivity index (χ1n) is 9.60. The van der Waals surface area contributed by atoms with Crippen LogP contribution in [0.2, 0.25) is 0 Å². The number of amides is 1. The van der Waals surface area contributed by atoms with Crippen LogP contribution in [0.15, 0.2) is 28.8 Å². The molecule has 1 aromatic carbocycles. The topological polar surface area (TPSA) is 94.5 Å². The summed E-state index contributed by atoms with van der Waals surface area (Å²) in [4.78, 5) is 19.0. The van der Waals surface area contributed by atoms with Gasteiger partial charge in [0.2, 0.25) is 17.6 Å². The van der Waals surface area contributed by atoms with Gasteiger partial charge >= 0.3 is 0 Å². The van der Waals surface area contributed by atoms with Crippen LogP contribution >= 0.6 is 0 Å². The van der Waals surface area contributed by atoms with Crippen LogP contribution in [0.25, 0.3) is 11.4 Å². The molecule has 1 amide bonds. The number of rotatable bonds is 7. The molecule has 1 aliphatic rings. The van der Waals surface area contributed by atoms with Crippen LogP contribution in [-0.4, -0.2) is 46.7 Å². The van der Waals surface area contributed by atoms with Gasteiger partial charge in [-0.1, -0.05) is 5.16 Å². The molecule has 2 unspecified atom stereocenters. The van der Waals surface area contributed by atoms with Crippen molar-refractivity contribution in [2.75, 3.05) is 13.7 Å². The van der Waals surface area contributed by atoms with Crippen LogP contribution in [0, 0.1) is 0 Å². The van der Waals surface area contributed by atoms with Gasteiger partial charge in [-0.15, -0.1) is 0 Å². The van der Waals surface area contributed by atoms with Crippen molar-refractivity contribution in [3.05, 3.63) is 30.2 Å². The van der Waals surface area contributed by atoms with Crippen LogP contribution in [0.4, 0.5) is 0 Å². The van der Waals surface area contributed by atoms with E-state index in [-0.39, 0.29) is 18.0 Å². The fourth-order valence-corrected chi connectivity index (χ4v) is 3.56. The van der Waals surface area contributed by atoms with Gasteiger partial charge in [0.15, 0.2) is 0 Å². The Morgan fingerprint density at radius 2 is 2.15 bits per heavy atom. The Balaban J connectivity index is 1.51. The molecule has 3 rings (SSSR count). The van der Waals surface area contributed by atoms with E-state index in [1.54, 1.807) is 7.11 Å². The normalized spacial score (nSPS) is 18.3. The van der Waals surface area contributed by atoms with Crippen LogP contribution in [0.5, 0.6) is 5.75 Å². The maximum absolute atomic E-state index is 12.6. The van der Waals surface area contributed by atoms with E-state index in [4.69, 9.17) is 15.0 Å². The summed E-state index contributed by atoms with van der Waals surface area (Å²) in [5, 5.41) is 4.03. The molecule has 1 aliphatic heterocycles. The minimum atomic E-state index is 0.0113. The molecular formula is C20H28N4O3. The van der Waals surface area contributed by atoms with Gasteiger partial charge in [0.1, 0.15) is 5.75 Å². The molecule has 1 aromatic heterocycles. The van der Waals surface area contributed by atoms with Crippen molar-refractivity contribution in [1.82, 2.24) is 15.0 Å². The zero-order valence-corrected chi connectivity index (χ0v) is 16.1. The molecule has 0 bridgehead atoms. The molecule has 1 fully saturated rings. The SMILES string of the molecule is COc1ccc(-c2noc(CCCC(=O)N3CCCCC3C(C)N)n2)cc1. The van der Waals surface area contributed by atoms with Crippen LogP contribution in [0.1, 0.15) is 44.9 Å². The van der Waals surface area contributed by atoms with Gasteiger partial charge in [0, 0.05) is 37.0 Å². The summed E-state index contributed by atoms with van der Waals surface area (Å²) < 4.78 is 10.5. The van der Waals surface area contributed by atoms with Gasteiger partial charge in [0.05, 0.1) is 7.11 Å². The predicted molar refractivity (Wildman–Crippen MR) is 102 cm³/mol. The lowest BCUT2D eigenvalue weighted by Crippen LogP contribution is -2.51. The first-order chi connectivity index (χ1) is 13.1. The molecule has 2 atom stereocenters. The number of ether oxygens (including phenoxy) is 1. The van der Waals surface area contributed by atoms with Crippen molar-refractivity contribution >= 4 is 5.91 Å². The van der Waals surface area contributed by atoms with E-state index in [0.29, 0.717) is 31.0 Å². The van der Waals surface area contributed by atoms with Gasteiger partial charge in [-0.3, -0.25) is 4.79 Å². The van der Waals surface area contributed by atoms with E-state index in [1.807, 2.05) is 36.1 Å². The number of nitrogens with zero attached hydrogens (tertiary/aromatic N) is 3. The molecule has 146 valence electrons. The third kappa shape index (κ3) is 4.86. The molecule has 2 heterocycles. The monoisotopic (exact) mass is 372 g/mol. The van der Waals surface area contributed by atoms with Crippen LogP contribution in [-0.2, 0) is 11.2 Å². The molecule has 0 saturated carbocycles. The molecule has 27 heavy (non-hydrogen) atoms. The summed E-state index contributed by atoms with van der Waals surface area (Å²) in [5.41, 5.74) is 6.93. The first-order valence-corrected chi connectivity index (χ1v) is 9.60. The van der Waals surface area contributed by atoms with Crippen molar-refractivity contribution < 1.29 is 14.1 Å². The number of hydrogen-bond donors (Lipinski definition) is 1. The molecule has 0 aliphatic carbocycles. The number of benzene rings is 1. The summed E-state index contributed by atoms with van der Waals surface area (Å²) >= 11 is 0. The van der Waals surface area contributed by atoms with Crippen molar-refractivity contribution in [3.8, 4) is 17.1 Å². The molecule has 1 saturated heterocycles. The number of nitrogens with two attached hydrogens (primary N) is 1. The average Bonchev–Trinajstić information content (AvgIpc) is 3.17. The Morgan fingerprint density at radius 3 is 2.85 bits per heavy atom. The molecule has 0 radical (unpaired) electrons. The summed E-state index contributed by atoms with van der Waals surface area (Å²) in [6.45, 7) is 2.79. The van der Waals surface area contributed by atoms with Crippen molar-refractivity contribution in [2.45, 2.75) is 57.5 Å². The van der Waals surface area contributed by atoms with E-state index in [2.05, 4.69) is 10.1 Å². The number of methoxy groups -OCH3 is 1. The smallest absolute Gasteiger partial charge is 0.226 e. The maximum atomic E-state index is 12.6. The van der Waals surface area contributed by atoms with Gasteiger partial charge in [0.25, 0.3) is 0 Å². The second-order valence-corrected chi connectivity index (χ2v) is 7.10. The third-order valence-corrected chi connectivity index (χ3v) is 5.07. The quantitative estimate of drug-likeness (QED) is 0.803. The standard InChI is InChI=1S/C20H28N4O3/c1-14(21)17-6-3-4-13-24(17)19(25)8-5-7-18-22-20(23-27-18)15-9-11-16(26-2)12-10-15/h9-12,14,17H,3-8,13,21H2,1-2H3. The van der Waals surface area contributed by atoms with Crippen molar-refractivity contribution in [2.24, 2.45) is 5.73 Å². The molecule has 2 N–H and O–H groups in total. The van der Waals surface area contributed by atoms with Crippen molar-refractivity contribution in [1.29, 1.82) is 0 Å². The highest BCUT2D eigenvalue weighted by Gasteiger charge is 2.28. The van der Waals surface area contributed by atoms with Gasteiger partial charge < -0.3 is 19.9 Å². The second kappa shape index (κ2) is 8.99. The Hall–Kier alpha value is -2.41. The summed E-state index contributed by atoms with van der Waals surface area (Å²) in [7, 11) is 1.63. The highest BCUT2D eigenvalue weighted by molar-refractivity contribution is 5.76. The molecule has 0 spiro atoms.